The van der Waals surface area contributed by atoms with Crippen LogP contribution in [0.2, 0.25) is 0 Å². The van der Waals surface area contributed by atoms with Gasteiger partial charge in [0.15, 0.2) is 0 Å². The molecule has 2 N–H and O–H groups in total. The third-order valence-corrected chi connectivity index (χ3v) is 5.97. The van der Waals surface area contributed by atoms with E-state index in [1.807, 2.05) is 49.5 Å². The average Bonchev–Trinajstić information content (AvgIpc) is 3.36. The van der Waals surface area contributed by atoms with Crippen LogP contribution in [0.1, 0.15) is 35.0 Å². The van der Waals surface area contributed by atoms with Crippen molar-refractivity contribution in [2.24, 2.45) is 5.92 Å². The highest BCUT2D eigenvalue weighted by atomic mass is 16.2. The van der Waals surface area contributed by atoms with E-state index in [9.17, 15) is 4.79 Å². The molecule has 5 heteroatoms. The lowest BCUT2D eigenvalue weighted by Gasteiger charge is -2.17. The van der Waals surface area contributed by atoms with E-state index < -0.39 is 0 Å². The zero-order valence-corrected chi connectivity index (χ0v) is 16.7. The Kier molecular flexibility index (Phi) is 4.23. The number of amides is 1. The predicted molar refractivity (Wildman–Crippen MR) is 116 cm³/mol. The minimum atomic E-state index is -0.0211. The van der Waals surface area contributed by atoms with E-state index >= 15 is 0 Å². The number of benzene rings is 2. The molecule has 0 radical (unpaired) electrons. The van der Waals surface area contributed by atoms with Crippen molar-refractivity contribution in [2.75, 3.05) is 11.9 Å². The lowest BCUT2D eigenvalue weighted by atomic mass is 9.88. The maximum Gasteiger partial charge on any atom is 0.258 e. The Hall–Kier alpha value is -3.34. The number of carbonyl (C=O) groups excluding carboxylic acids is 1. The fraction of sp³-hybridized carbons (Fsp3) is 0.250. The number of fused-ring (bicyclic) bond motifs is 2. The second kappa shape index (κ2) is 6.92. The van der Waals surface area contributed by atoms with Crippen LogP contribution in [0.3, 0.4) is 0 Å². The van der Waals surface area contributed by atoms with Crippen LogP contribution in [0, 0.1) is 5.92 Å². The van der Waals surface area contributed by atoms with Gasteiger partial charge in [-0.2, -0.15) is 5.10 Å². The standard InChI is InChI=1S/C24H24N4O/c1-15-8-11-19-21(12-15)26-27-23(19)22-13-17-9-10-18(14-20(17)25-22)28(2)24(29)16-6-4-3-5-7-16/h3-7,9-10,13-15,25H,8,11-12H2,1-2H3,(H,26,27)/t15-/m1/s1. The largest absolute Gasteiger partial charge is 0.353 e. The Labute approximate surface area is 169 Å². The second-order valence-corrected chi connectivity index (χ2v) is 8.06. The van der Waals surface area contributed by atoms with Gasteiger partial charge in [-0.1, -0.05) is 31.2 Å². The first-order valence-corrected chi connectivity index (χ1v) is 10.1. The smallest absolute Gasteiger partial charge is 0.258 e. The number of anilines is 1. The molecule has 1 amide bonds. The van der Waals surface area contributed by atoms with Crippen LogP contribution in [0.5, 0.6) is 0 Å². The molecule has 0 aliphatic heterocycles. The lowest BCUT2D eigenvalue weighted by Crippen LogP contribution is -2.26. The Balaban J connectivity index is 1.47. The van der Waals surface area contributed by atoms with Crippen molar-refractivity contribution >= 4 is 22.5 Å². The van der Waals surface area contributed by atoms with E-state index in [2.05, 4.69) is 34.2 Å². The molecule has 5 rings (SSSR count). The maximum atomic E-state index is 12.8. The number of rotatable bonds is 3. The fourth-order valence-corrected chi connectivity index (χ4v) is 4.25. The second-order valence-electron chi connectivity index (χ2n) is 8.06. The topological polar surface area (TPSA) is 64.8 Å². The van der Waals surface area contributed by atoms with Crippen LogP contribution in [-0.2, 0) is 12.8 Å². The van der Waals surface area contributed by atoms with E-state index in [1.54, 1.807) is 4.90 Å². The van der Waals surface area contributed by atoms with Gasteiger partial charge in [0.2, 0.25) is 0 Å². The summed E-state index contributed by atoms with van der Waals surface area (Å²) in [6.45, 7) is 2.29. The minimum absolute atomic E-state index is 0.0211. The summed E-state index contributed by atoms with van der Waals surface area (Å²) in [7, 11) is 1.81. The van der Waals surface area contributed by atoms with Gasteiger partial charge in [-0.15, -0.1) is 0 Å². The Morgan fingerprint density at radius 1 is 1.14 bits per heavy atom. The van der Waals surface area contributed by atoms with Crippen molar-refractivity contribution in [1.82, 2.24) is 15.2 Å². The molecule has 0 saturated heterocycles. The molecule has 0 fully saturated rings. The van der Waals surface area contributed by atoms with Crippen molar-refractivity contribution in [3.8, 4) is 11.4 Å². The summed E-state index contributed by atoms with van der Waals surface area (Å²) in [6.07, 6.45) is 3.34. The van der Waals surface area contributed by atoms with Gasteiger partial charge in [-0.25, -0.2) is 0 Å². The molecule has 1 aliphatic carbocycles. The first-order valence-electron chi connectivity index (χ1n) is 10.1. The van der Waals surface area contributed by atoms with E-state index in [-0.39, 0.29) is 5.91 Å². The van der Waals surface area contributed by atoms with Crippen LogP contribution in [0.15, 0.2) is 54.6 Å². The Morgan fingerprint density at radius 2 is 1.97 bits per heavy atom. The van der Waals surface area contributed by atoms with E-state index in [4.69, 9.17) is 0 Å². The maximum absolute atomic E-state index is 12.8. The molecule has 2 heterocycles. The molecule has 0 bridgehead atoms. The van der Waals surface area contributed by atoms with Gasteiger partial charge >= 0.3 is 0 Å². The molecule has 146 valence electrons. The molecule has 2 aromatic heterocycles. The average molecular weight is 384 g/mol. The third kappa shape index (κ3) is 3.12. The number of nitrogens with zero attached hydrogens (tertiary/aromatic N) is 2. The normalized spacial score (nSPS) is 16.0. The van der Waals surface area contributed by atoms with Crippen LogP contribution in [-0.4, -0.2) is 28.1 Å². The zero-order valence-electron chi connectivity index (χ0n) is 16.7. The van der Waals surface area contributed by atoms with Gasteiger partial charge in [0.05, 0.1) is 5.69 Å². The number of hydrogen-bond acceptors (Lipinski definition) is 2. The summed E-state index contributed by atoms with van der Waals surface area (Å²) in [5.74, 6) is 0.686. The number of aromatic nitrogens is 3. The molecular weight excluding hydrogens is 360 g/mol. The van der Waals surface area contributed by atoms with Crippen molar-refractivity contribution in [2.45, 2.75) is 26.2 Å². The molecule has 29 heavy (non-hydrogen) atoms. The van der Waals surface area contributed by atoms with Crippen molar-refractivity contribution in [3.05, 3.63) is 71.4 Å². The molecule has 0 spiro atoms. The summed E-state index contributed by atoms with van der Waals surface area (Å²) in [6, 6.07) is 17.6. The van der Waals surface area contributed by atoms with Crippen LogP contribution in [0.4, 0.5) is 5.69 Å². The number of H-pyrrole nitrogens is 2. The van der Waals surface area contributed by atoms with Crippen molar-refractivity contribution in [1.29, 1.82) is 0 Å². The first-order chi connectivity index (χ1) is 14.1. The molecule has 5 nitrogen and oxygen atoms in total. The van der Waals surface area contributed by atoms with E-state index in [0.717, 1.165) is 40.8 Å². The third-order valence-electron chi connectivity index (χ3n) is 5.97. The SMILES string of the molecule is C[C@@H]1CCc2c(-c3cc4ccc(N(C)C(=O)c5ccccc5)cc4[nH]3)n[nH]c2C1. The highest BCUT2D eigenvalue weighted by molar-refractivity contribution is 6.06. The van der Waals surface area contributed by atoms with Gasteiger partial charge in [-0.05, 0) is 55.5 Å². The number of hydrogen-bond donors (Lipinski definition) is 2. The van der Waals surface area contributed by atoms with Gasteiger partial charge in [-0.3, -0.25) is 9.89 Å². The van der Waals surface area contributed by atoms with Crippen LogP contribution >= 0.6 is 0 Å². The zero-order chi connectivity index (χ0) is 20.0. The minimum Gasteiger partial charge on any atom is -0.353 e. The van der Waals surface area contributed by atoms with Crippen LogP contribution < -0.4 is 4.90 Å². The van der Waals surface area contributed by atoms with Crippen LogP contribution in [0.25, 0.3) is 22.3 Å². The lowest BCUT2D eigenvalue weighted by molar-refractivity contribution is 0.0993. The van der Waals surface area contributed by atoms with Gasteiger partial charge in [0.1, 0.15) is 5.69 Å². The van der Waals surface area contributed by atoms with Gasteiger partial charge in [0, 0.05) is 40.5 Å². The summed E-state index contributed by atoms with van der Waals surface area (Å²) < 4.78 is 0. The fourth-order valence-electron chi connectivity index (χ4n) is 4.25. The summed E-state index contributed by atoms with van der Waals surface area (Å²) in [5, 5.41) is 8.96. The monoisotopic (exact) mass is 384 g/mol. The van der Waals surface area contributed by atoms with E-state index in [0.29, 0.717) is 11.5 Å². The molecule has 0 unspecified atom stereocenters. The molecule has 4 aromatic rings. The summed E-state index contributed by atoms with van der Waals surface area (Å²) in [5.41, 5.74) is 7.21. The Morgan fingerprint density at radius 3 is 2.79 bits per heavy atom. The van der Waals surface area contributed by atoms with E-state index in [1.165, 1.54) is 17.7 Å². The number of aromatic amines is 2. The summed E-state index contributed by atoms with van der Waals surface area (Å²) in [4.78, 5) is 18.0. The van der Waals surface area contributed by atoms with Crippen molar-refractivity contribution < 1.29 is 4.79 Å². The van der Waals surface area contributed by atoms with Gasteiger partial charge < -0.3 is 9.88 Å². The Bertz CT molecular complexity index is 1190. The molecule has 0 saturated carbocycles. The molecule has 1 aliphatic rings. The number of carbonyl (C=O) groups is 1. The quantitative estimate of drug-likeness (QED) is 0.524. The van der Waals surface area contributed by atoms with Crippen molar-refractivity contribution in [3.63, 3.8) is 0 Å². The molecular formula is C24H24N4O. The first kappa shape index (κ1) is 17.7. The number of nitrogens with one attached hydrogen (secondary N) is 2. The highest BCUT2D eigenvalue weighted by Crippen LogP contribution is 2.33. The highest BCUT2D eigenvalue weighted by Gasteiger charge is 2.22. The van der Waals surface area contributed by atoms with Gasteiger partial charge in [0.25, 0.3) is 5.91 Å². The predicted octanol–water partition coefficient (Wildman–Crippen LogP) is 4.96. The summed E-state index contributed by atoms with van der Waals surface area (Å²) >= 11 is 0. The molecule has 2 aromatic carbocycles. The molecule has 1 atom stereocenters.